The number of hydrogen-bond donors (Lipinski definition) is 2. The molecule has 0 aromatic carbocycles. The molecule has 2 aliphatic rings. The maximum Gasteiger partial charge on any atom is 0.413 e. The summed E-state index contributed by atoms with van der Waals surface area (Å²) in [5, 5.41) is 13.9. The van der Waals surface area contributed by atoms with Crippen LogP contribution in [0.15, 0.2) is 23.3 Å². The number of aliphatic hydroxyl groups is 1. The Morgan fingerprint density at radius 2 is 1.63 bits per heavy atom. The number of nitrogens with zero attached hydrogens (tertiary/aromatic N) is 1. The minimum atomic E-state index is -1.33. The highest BCUT2D eigenvalue weighted by Crippen LogP contribution is 2.44. The van der Waals surface area contributed by atoms with Crippen LogP contribution in [0.4, 0.5) is 4.79 Å². The number of ether oxygens (including phenoxy) is 1. The zero-order chi connectivity index (χ0) is 23.0. The zero-order valence-electron chi connectivity index (χ0n) is 20.8. The first-order valence-corrected chi connectivity index (χ1v) is 11.5. The van der Waals surface area contributed by atoms with Gasteiger partial charge >= 0.3 is 6.09 Å². The van der Waals surface area contributed by atoms with Crippen LogP contribution in [0.2, 0.25) is 0 Å². The normalized spacial score (nSPS) is 31.6. The molecule has 2 heterocycles. The number of carbonyl (C=O) groups is 1. The van der Waals surface area contributed by atoms with Crippen molar-refractivity contribution in [1.29, 1.82) is 0 Å². The number of cyclic esters (lactones) is 1. The predicted octanol–water partition coefficient (Wildman–Crippen LogP) is 4.66. The molecule has 3 N–H and O–H groups in total. The third kappa shape index (κ3) is 5.67. The van der Waals surface area contributed by atoms with Crippen LogP contribution in [0.25, 0.3) is 0 Å². The van der Waals surface area contributed by atoms with Crippen molar-refractivity contribution in [3.05, 3.63) is 23.3 Å². The SMILES string of the molecule is CC(C)=CCC/C(C)=C/CC[C@]1(C)OC(=O)N(C2CC(C)(C)[NH2+]C(C)(C)C2)[C@]1(C)O. The summed E-state index contributed by atoms with van der Waals surface area (Å²) >= 11 is 0. The fourth-order valence-electron chi connectivity index (χ4n) is 5.49. The van der Waals surface area contributed by atoms with Crippen molar-refractivity contribution in [1.82, 2.24) is 4.90 Å². The first-order chi connectivity index (χ1) is 13.6. The van der Waals surface area contributed by atoms with E-state index in [1.54, 1.807) is 11.8 Å². The van der Waals surface area contributed by atoms with E-state index in [1.165, 1.54) is 11.1 Å². The second-order valence-corrected chi connectivity index (χ2v) is 11.6. The lowest BCUT2D eigenvalue weighted by Crippen LogP contribution is -3.06. The van der Waals surface area contributed by atoms with E-state index in [2.05, 4.69) is 65.9 Å². The number of hydrogen-bond acceptors (Lipinski definition) is 3. The molecule has 172 valence electrons. The molecule has 0 radical (unpaired) electrons. The Morgan fingerprint density at radius 1 is 1.07 bits per heavy atom. The van der Waals surface area contributed by atoms with Crippen molar-refractivity contribution < 1.29 is 20.0 Å². The fourth-order valence-corrected chi connectivity index (χ4v) is 5.49. The van der Waals surface area contributed by atoms with Crippen LogP contribution < -0.4 is 5.32 Å². The predicted molar refractivity (Wildman–Crippen MR) is 122 cm³/mol. The topological polar surface area (TPSA) is 66.4 Å². The minimum Gasteiger partial charge on any atom is -0.438 e. The van der Waals surface area contributed by atoms with Gasteiger partial charge in [-0.1, -0.05) is 23.3 Å². The Kier molecular flexibility index (Phi) is 7.20. The van der Waals surface area contributed by atoms with Crippen molar-refractivity contribution in [2.24, 2.45) is 0 Å². The standard InChI is InChI=1S/C25H44N2O3/c1-18(2)12-10-13-19(3)14-11-15-24(8)25(9,29)27(21(28)30-24)20-16-22(4,5)26-23(6,7)17-20/h12,14,20,26,29H,10-11,13,15-17H2,1-9H3/p+1/b19-14+/t24-,25+/m0/s1. The molecule has 0 saturated carbocycles. The van der Waals surface area contributed by atoms with E-state index in [-0.39, 0.29) is 23.2 Å². The molecule has 2 saturated heterocycles. The summed E-state index contributed by atoms with van der Waals surface area (Å²) < 4.78 is 5.85. The first-order valence-electron chi connectivity index (χ1n) is 11.5. The van der Waals surface area contributed by atoms with Crippen LogP contribution in [-0.4, -0.2) is 44.5 Å². The Balaban J connectivity index is 2.10. The average molecular weight is 422 g/mol. The second-order valence-electron chi connectivity index (χ2n) is 11.6. The molecule has 1 amide bonds. The van der Waals surface area contributed by atoms with Crippen LogP contribution in [0, 0.1) is 0 Å². The number of quaternary nitrogens is 1. The van der Waals surface area contributed by atoms with Crippen molar-refractivity contribution in [3.63, 3.8) is 0 Å². The van der Waals surface area contributed by atoms with E-state index in [4.69, 9.17) is 4.74 Å². The third-order valence-corrected chi connectivity index (χ3v) is 6.86. The highest BCUT2D eigenvalue weighted by Gasteiger charge is 2.62. The molecule has 2 aliphatic heterocycles. The van der Waals surface area contributed by atoms with Gasteiger partial charge in [0.25, 0.3) is 0 Å². The van der Waals surface area contributed by atoms with Gasteiger partial charge in [0.05, 0.1) is 11.1 Å². The van der Waals surface area contributed by atoms with Gasteiger partial charge in [0.1, 0.15) is 0 Å². The molecule has 0 aliphatic carbocycles. The number of carbonyl (C=O) groups excluding carboxylic acids is 1. The maximum atomic E-state index is 12.9. The van der Waals surface area contributed by atoms with Crippen LogP contribution in [0.5, 0.6) is 0 Å². The number of piperidine rings is 1. The smallest absolute Gasteiger partial charge is 0.413 e. The largest absolute Gasteiger partial charge is 0.438 e. The van der Waals surface area contributed by atoms with Crippen molar-refractivity contribution in [2.45, 2.75) is 129 Å². The molecule has 0 aromatic rings. The molecular weight excluding hydrogens is 376 g/mol. The van der Waals surface area contributed by atoms with Crippen molar-refractivity contribution in [3.8, 4) is 0 Å². The van der Waals surface area contributed by atoms with Crippen molar-refractivity contribution in [2.75, 3.05) is 0 Å². The van der Waals surface area contributed by atoms with Crippen molar-refractivity contribution >= 4 is 6.09 Å². The van der Waals surface area contributed by atoms with Crippen LogP contribution in [0.1, 0.15) is 101 Å². The highest BCUT2D eigenvalue weighted by molar-refractivity contribution is 5.72. The van der Waals surface area contributed by atoms with Gasteiger partial charge in [-0.2, -0.15) is 0 Å². The van der Waals surface area contributed by atoms with Crippen LogP contribution >= 0.6 is 0 Å². The van der Waals surface area contributed by atoms with E-state index in [1.807, 2.05) is 6.92 Å². The maximum absolute atomic E-state index is 12.9. The number of amides is 1. The van der Waals surface area contributed by atoms with Gasteiger partial charge < -0.3 is 15.2 Å². The molecular formula is C25H45N2O3+. The molecule has 5 nitrogen and oxygen atoms in total. The second kappa shape index (κ2) is 8.66. The van der Waals surface area contributed by atoms with Gasteiger partial charge in [-0.15, -0.1) is 0 Å². The molecule has 5 heteroatoms. The molecule has 0 spiro atoms. The lowest BCUT2D eigenvalue weighted by atomic mass is 9.77. The van der Waals surface area contributed by atoms with Crippen LogP contribution in [0.3, 0.4) is 0 Å². The number of allylic oxidation sites excluding steroid dienone is 4. The lowest BCUT2D eigenvalue weighted by Gasteiger charge is -2.48. The quantitative estimate of drug-likeness (QED) is 0.588. The molecule has 0 unspecified atom stereocenters. The molecule has 0 aromatic heterocycles. The summed E-state index contributed by atoms with van der Waals surface area (Å²) in [6, 6.07) is -0.0364. The Bertz CT molecular complexity index is 685. The summed E-state index contributed by atoms with van der Waals surface area (Å²) in [5.41, 5.74) is 0.442. The zero-order valence-corrected chi connectivity index (χ0v) is 20.8. The van der Waals surface area contributed by atoms with E-state index in [0.717, 1.165) is 32.1 Å². The monoisotopic (exact) mass is 421 g/mol. The van der Waals surface area contributed by atoms with Gasteiger partial charge in [0.2, 0.25) is 0 Å². The summed E-state index contributed by atoms with van der Waals surface area (Å²) in [4.78, 5) is 14.6. The average Bonchev–Trinajstić information content (AvgIpc) is 2.68. The summed E-state index contributed by atoms with van der Waals surface area (Å²) in [6.45, 7) is 18.8. The van der Waals surface area contributed by atoms with Gasteiger partial charge in [0, 0.05) is 18.9 Å². The molecule has 2 rings (SSSR count). The molecule has 2 fully saturated rings. The summed E-state index contributed by atoms with van der Waals surface area (Å²) in [5.74, 6) is 0. The number of nitrogens with two attached hydrogens (primary N) is 1. The Labute approximate surface area is 183 Å². The summed E-state index contributed by atoms with van der Waals surface area (Å²) in [6.07, 6.45) is 9.23. The molecule has 30 heavy (non-hydrogen) atoms. The molecule has 2 atom stereocenters. The number of rotatable bonds is 7. The summed E-state index contributed by atoms with van der Waals surface area (Å²) in [7, 11) is 0. The lowest BCUT2D eigenvalue weighted by molar-refractivity contribution is -0.788. The first kappa shape index (κ1) is 24.9. The van der Waals surface area contributed by atoms with Gasteiger partial charge in [-0.25, -0.2) is 4.79 Å². The fraction of sp³-hybridized carbons (Fsp3) is 0.800. The molecule has 0 bridgehead atoms. The van der Waals surface area contributed by atoms with Gasteiger partial charge in [-0.3, -0.25) is 4.90 Å². The van der Waals surface area contributed by atoms with Gasteiger partial charge in [0.15, 0.2) is 11.3 Å². The van der Waals surface area contributed by atoms with E-state index in [9.17, 15) is 9.90 Å². The minimum absolute atomic E-state index is 0.00685. The Morgan fingerprint density at radius 3 is 2.17 bits per heavy atom. The Hall–Kier alpha value is -1.33. The van der Waals surface area contributed by atoms with E-state index < -0.39 is 11.3 Å². The van der Waals surface area contributed by atoms with Gasteiger partial charge in [-0.05, 0) is 88.0 Å². The van der Waals surface area contributed by atoms with Crippen LogP contribution in [-0.2, 0) is 4.74 Å². The third-order valence-electron chi connectivity index (χ3n) is 6.86. The van der Waals surface area contributed by atoms with E-state index >= 15 is 0 Å². The van der Waals surface area contributed by atoms with E-state index in [0.29, 0.717) is 6.42 Å². The highest BCUT2D eigenvalue weighted by atomic mass is 16.6.